The molecule has 3 N–H and O–H groups in total. The molecule has 0 aliphatic heterocycles. The molecular weight excluding hydrogens is 446 g/mol. The van der Waals surface area contributed by atoms with Gasteiger partial charge in [0.05, 0.1) is 12.1 Å². The van der Waals surface area contributed by atoms with E-state index in [0.717, 1.165) is 11.3 Å². The van der Waals surface area contributed by atoms with Crippen LogP contribution >= 0.6 is 11.3 Å². The molecule has 0 saturated heterocycles. The fourth-order valence-electron chi connectivity index (χ4n) is 2.56. The minimum Gasteiger partial charge on any atom is -0.484 e. The summed E-state index contributed by atoms with van der Waals surface area (Å²) >= 11 is 0.969. The van der Waals surface area contributed by atoms with Crippen molar-refractivity contribution in [2.75, 3.05) is 25.0 Å². The smallest absolute Gasteiger partial charge is 0.270 e. The van der Waals surface area contributed by atoms with Crippen LogP contribution in [0.15, 0.2) is 29.1 Å². The predicted octanol–water partition coefficient (Wildman–Crippen LogP) is -0.888. The van der Waals surface area contributed by atoms with Gasteiger partial charge in [-0.2, -0.15) is 15.8 Å². The number of ether oxygens (including phenoxy) is 1. The van der Waals surface area contributed by atoms with Crippen LogP contribution in [-0.4, -0.2) is 36.1 Å². The molecule has 2 aromatic rings. The molecule has 1 aromatic heterocycles. The van der Waals surface area contributed by atoms with Gasteiger partial charge in [0.15, 0.2) is 12.2 Å². The van der Waals surface area contributed by atoms with Gasteiger partial charge in [0.25, 0.3) is 17.4 Å². The average Bonchev–Trinajstić information content (AvgIpc) is 3.14. The summed E-state index contributed by atoms with van der Waals surface area (Å²) in [5, 5.41) is 34.1. The molecule has 33 heavy (non-hydrogen) atoms. The number of benzene rings is 1. The number of carbonyl (C=O) groups excluding carboxylic acids is 2. The van der Waals surface area contributed by atoms with E-state index in [1.54, 1.807) is 49.4 Å². The monoisotopic (exact) mass is 465 g/mol. The summed E-state index contributed by atoms with van der Waals surface area (Å²) in [6, 6.07) is 12.0. The zero-order chi connectivity index (χ0) is 24.2. The summed E-state index contributed by atoms with van der Waals surface area (Å²) in [6.07, 6.45) is 1.45. The third kappa shape index (κ3) is 6.69. The van der Waals surface area contributed by atoms with E-state index in [0.29, 0.717) is 11.4 Å². The predicted molar refractivity (Wildman–Crippen MR) is 120 cm³/mol. The second-order valence-electron chi connectivity index (χ2n) is 6.19. The molecule has 1 heterocycles. The number of nitriles is 3. The standard InChI is InChI=1S/C21H19N7O4S/c1-2-28-20(31)17(33-21(28)16(11-24)19(30)26-9-7-23)12-27-14-4-3-5-15(10-14)32-13-18(29)25-8-6-22/h3-5,10,12,27H,2,8-9,13H2,1H3,(H,25,29)(H,26,30). The maximum atomic E-state index is 12.7. The molecule has 11 nitrogen and oxygen atoms in total. The lowest BCUT2D eigenvalue weighted by atomic mass is 10.3. The molecule has 2 rings (SSSR count). The van der Waals surface area contributed by atoms with Crippen molar-refractivity contribution in [3.8, 4) is 24.0 Å². The van der Waals surface area contributed by atoms with Gasteiger partial charge in [0.2, 0.25) is 0 Å². The Bertz CT molecular complexity index is 1340. The number of nitrogens with one attached hydrogen (secondary N) is 3. The fraction of sp³-hybridized carbons (Fsp3) is 0.238. The molecule has 0 aliphatic carbocycles. The van der Waals surface area contributed by atoms with Crippen molar-refractivity contribution < 1.29 is 14.3 Å². The van der Waals surface area contributed by atoms with E-state index in [1.165, 1.54) is 10.8 Å². The van der Waals surface area contributed by atoms with Crippen molar-refractivity contribution in [3.63, 3.8) is 0 Å². The van der Waals surface area contributed by atoms with Gasteiger partial charge >= 0.3 is 0 Å². The molecular formula is C21H19N7O4S. The van der Waals surface area contributed by atoms with Gasteiger partial charge in [-0.1, -0.05) is 6.07 Å². The molecule has 0 aliphatic rings. The highest BCUT2D eigenvalue weighted by molar-refractivity contribution is 7.07. The molecule has 2 amide bonds. The van der Waals surface area contributed by atoms with Gasteiger partial charge in [-0.15, -0.1) is 11.3 Å². The Morgan fingerprint density at radius 3 is 2.58 bits per heavy atom. The number of aromatic nitrogens is 1. The van der Waals surface area contributed by atoms with Gasteiger partial charge in [-0.3, -0.25) is 19.0 Å². The highest BCUT2D eigenvalue weighted by Crippen LogP contribution is 2.17. The number of hydrogen-bond acceptors (Lipinski definition) is 9. The van der Waals surface area contributed by atoms with Crippen molar-refractivity contribution in [1.29, 1.82) is 15.8 Å². The summed E-state index contributed by atoms with van der Waals surface area (Å²) in [7, 11) is 0. The molecule has 1 aromatic carbocycles. The minimum absolute atomic E-state index is 0.109. The number of thiazole rings is 1. The van der Waals surface area contributed by atoms with Gasteiger partial charge in [0.1, 0.15) is 34.1 Å². The zero-order valence-electron chi connectivity index (χ0n) is 17.5. The molecule has 0 bridgehead atoms. The fourth-order valence-corrected chi connectivity index (χ4v) is 3.65. The van der Waals surface area contributed by atoms with Crippen molar-refractivity contribution in [3.05, 3.63) is 43.8 Å². The highest BCUT2D eigenvalue weighted by atomic mass is 32.1. The van der Waals surface area contributed by atoms with Crippen LogP contribution in [0.25, 0.3) is 11.8 Å². The quantitative estimate of drug-likeness (QED) is 0.400. The molecule has 0 fully saturated rings. The number of amides is 2. The zero-order valence-corrected chi connectivity index (χ0v) is 18.4. The number of hydrogen-bond donors (Lipinski definition) is 3. The van der Waals surface area contributed by atoms with Gasteiger partial charge in [-0.05, 0) is 19.1 Å². The highest BCUT2D eigenvalue weighted by Gasteiger charge is 2.14. The summed E-state index contributed by atoms with van der Waals surface area (Å²) in [4.78, 5) is 36.5. The van der Waals surface area contributed by atoms with Crippen LogP contribution in [0.2, 0.25) is 0 Å². The topological polar surface area (TPSA) is 173 Å². The first-order chi connectivity index (χ1) is 15.9. The molecule has 168 valence electrons. The van der Waals surface area contributed by atoms with Crippen LogP contribution in [0, 0.1) is 34.0 Å². The third-order valence-electron chi connectivity index (χ3n) is 4.04. The molecule has 0 saturated carbocycles. The first-order valence-electron chi connectivity index (χ1n) is 9.57. The summed E-state index contributed by atoms with van der Waals surface area (Å²) < 4.78 is 7.14. The van der Waals surface area contributed by atoms with Crippen LogP contribution in [0.3, 0.4) is 0 Å². The van der Waals surface area contributed by atoms with Crippen molar-refractivity contribution in [1.82, 2.24) is 15.2 Å². The number of rotatable bonds is 9. The first-order valence-corrected chi connectivity index (χ1v) is 10.4. The second-order valence-corrected chi connectivity index (χ2v) is 7.22. The van der Waals surface area contributed by atoms with E-state index in [9.17, 15) is 19.6 Å². The average molecular weight is 465 g/mol. The van der Waals surface area contributed by atoms with Crippen LogP contribution in [0.5, 0.6) is 5.75 Å². The van der Waals surface area contributed by atoms with Crippen LogP contribution in [0.4, 0.5) is 5.69 Å². The molecule has 0 radical (unpaired) electrons. The lowest BCUT2D eigenvalue weighted by Gasteiger charge is -2.07. The number of carbonyl (C=O) groups is 2. The molecule has 12 heteroatoms. The van der Waals surface area contributed by atoms with E-state index >= 15 is 0 Å². The molecule has 0 atom stereocenters. The van der Waals surface area contributed by atoms with Gasteiger partial charge in [0, 0.05) is 24.5 Å². The normalized spacial score (nSPS) is 11.4. The summed E-state index contributed by atoms with van der Waals surface area (Å²) in [5.74, 6) is -0.769. The van der Waals surface area contributed by atoms with E-state index in [1.807, 2.05) is 0 Å². The lowest BCUT2D eigenvalue weighted by molar-refractivity contribution is -0.122. The maximum absolute atomic E-state index is 12.7. The van der Waals surface area contributed by atoms with E-state index < -0.39 is 11.8 Å². The van der Waals surface area contributed by atoms with Crippen molar-refractivity contribution in [2.45, 2.75) is 13.5 Å². The second kappa shape index (κ2) is 12.3. The lowest BCUT2D eigenvalue weighted by Crippen LogP contribution is -2.34. The SMILES string of the molecule is CCn1c(=C(C#N)C(=O)NCC#N)sc(=CNc2cccc(OCC(=O)NCC#N)c2)c1=O. The van der Waals surface area contributed by atoms with E-state index in [4.69, 9.17) is 15.3 Å². The van der Waals surface area contributed by atoms with Crippen LogP contribution in [-0.2, 0) is 16.1 Å². The minimum atomic E-state index is -0.731. The Morgan fingerprint density at radius 1 is 1.18 bits per heavy atom. The van der Waals surface area contributed by atoms with E-state index in [2.05, 4.69) is 16.0 Å². The van der Waals surface area contributed by atoms with E-state index in [-0.39, 0.29) is 46.6 Å². The van der Waals surface area contributed by atoms with Crippen molar-refractivity contribution >= 4 is 40.6 Å². The van der Waals surface area contributed by atoms with Crippen LogP contribution < -0.4 is 35.4 Å². The number of nitrogens with zero attached hydrogens (tertiary/aromatic N) is 4. The van der Waals surface area contributed by atoms with Gasteiger partial charge in [-0.25, -0.2) is 0 Å². The summed E-state index contributed by atoms with van der Waals surface area (Å²) in [5.41, 5.74) is -0.0649. The first kappa shape index (κ1) is 24.7. The van der Waals surface area contributed by atoms with Crippen LogP contribution in [0.1, 0.15) is 6.92 Å². The Morgan fingerprint density at radius 2 is 1.91 bits per heavy atom. The Labute approximate surface area is 192 Å². The number of anilines is 1. The largest absolute Gasteiger partial charge is 0.484 e. The maximum Gasteiger partial charge on any atom is 0.270 e. The summed E-state index contributed by atoms with van der Waals surface area (Å²) in [6.45, 7) is 1.33. The third-order valence-corrected chi connectivity index (χ3v) is 5.17. The Hall–Kier alpha value is -4.60. The van der Waals surface area contributed by atoms with Gasteiger partial charge < -0.3 is 20.7 Å². The molecule has 0 unspecified atom stereocenters. The van der Waals surface area contributed by atoms with Crippen molar-refractivity contribution in [2.24, 2.45) is 0 Å². The molecule has 0 spiro atoms. The Kier molecular flexibility index (Phi) is 9.20. The Balaban J connectivity index is 2.30.